The molecule has 2 aromatic carbocycles. The molecule has 3 rings (SSSR count). The van der Waals surface area contributed by atoms with Crippen molar-refractivity contribution in [3.63, 3.8) is 0 Å². The summed E-state index contributed by atoms with van der Waals surface area (Å²) in [5, 5.41) is 19.0. The molecule has 0 saturated carbocycles. The third kappa shape index (κ3) is 2.27. The number of hydrogen-bond acceptors (Lipinski definition) is 5. The summed E-state index contributed by atoms with van der Waals surface area (Å²) >= 11 is 0. The van der Waals surface area contributed by atoms with Crippen molar-refractivity contribution in [1.82, 2.24) is 0 Å². The van der Waals surface area contributed by atoms with Crippen LogP contribution < -0.4 is 10.2 Å². The van der Waals surface area contributed by atoms with Gasteiger partial charge < -0.3 is 19.4 Å². The number of phenolic OH excluding ortho intramolecular Hbond substituents is 2. The Labute approximate surface area is 117 Å². The molecule has 0 fully saturated rings. The molecular formula is C15H9FO5. The van der Waals surface area contributed by atoms with Gasteiger partial charge in [0.2, 0.25) is 16.9 Å². The number of halogens is 1. The smallest absolute Gasteiger partial charge is 0.235 e. The lowest BCUT2D eigenvalue weighted by atomic mass is 10.2. The van der Waals surface area contributed by atoms with Crippen molar-refractivity contribution >= 4 is 11.0 Å². The first-order valence-electron chi connectivity index (χ1n) is 5.96. The van der Waals surface area contributed by atoms with E-state index in [0.29, 0.717) is 0 Å². The Balaban J connectivity index is 2.08. The van der Waals surface area contributed by atoms with E-state index in [9.17, 15) is 19.4 Å². The van der Waals surface area contributed by atoms with Gasteiger partial charge in [-0.05, 0) is 36.4 Å². The fourth-order valence-corrected chi connectivity index (χ4v) is 1.86. The first kappa shape index (κ1) is 13.0. The van der Waals surface area contributed by atoms with E-state index < -0.39 is 22.7 Å². The topological polar surface area (TPSA) is 79.9 Å². The molecule has 0 aliphatic rings. The molecule has 1 aromatic heterocycles. The summed E-state index contributed by atoms with van der Waals surface area (Å²) < 4.78 is 23.3. The lowest BCUT2D eigenvalue weighted by Crippen LogP contribution is -2.04. The van der Waals surface area contributed by atoms with Crippen molar-refractivity contribution in [2.24, 2.45) is 0 Å². The van der Waals surface area contributed by atoms with Gasteiger partial charge in [0.25, 0.3) is 0 Å². The molecular weight excluding hydrogens is 279 g/mol. The van der Waals surface area contributed by atoms with Crippen molar-refractivity contribution in [3.8, 4) is 23.0 Å². The van der Waals surface area contributed by atoms with Crippen molar-refractivity contribution in [2.75, 3.05) is 0 Å². The molecule has 2 N–H and O–H groups in total. The monoisotopic (exact) mass is 288 g/mol. The molecule has 0 radical (unpaired) electrons. The van der Waals surface area contributed by atoms with Crippen molar-refractivity contribution in [1.29, 1.82) is 0 Å². The maximum atomic E-state index is 12.8. The van der Waals surface area contributed by atoms with Crippen LogP contribution in [0.4, 0.5) is 4.39 Å². The Morgan fingerprint density at radius 2 is 1.76 bits per heavy atom. The van der Waals surface area contributed by atoms with Crippen LogP contribution in [0.2, 0.25) is 0 Å². The molecule has 3 aromatic rings. The molecule has 106 valence electrons. The highest BCUT2D eigenvalue weighted by molar-refractivity contribution is 5.85. The molecule has 0 aliphatic heterocycles. The maximum absolute atomic E-state index is 12.8. The van der Waals surface area contributed by atoms with E-state index in [1.807, 2.05) is 0 Å². The molecule has 0 unspecified atom stereocenters. The summed E-state index contributed by atoms with van der Waals surface area (Å²) in [6, 6.07) is 7.62. The van der Waals surface area contributed by atoms with Crippen LogP contribution in [0.5, 0.6) is 23.0 Å². The summed E-state index contributed by atoms with van der Waals surface area (Å²) in [6.45, 7) is 0. The summed E-state index contributed by atoms with van der Waals surface area (Å²) in [7, 11) is 0. The predicted octanol–water partition coefficient (Wildman–Crippen LogP) is 3.14. The predicted molar refractivity (Wildman–Crippen MR) is 72.3 cm³/mol. The minimum atomic E-state index is -0.518. The number of fused-ring (bicyclic) bond motifs is 1. The van der Waals surface area contributed by atoms with Gasteiger partial charge in [-0.15, -0.1) is 0 Å². The molecule has 0 amide bonds. The molecule has 6 heteroatoms. The molecule has 1 heterocycles. The van der Waals surface area contributed by atoms with E-state index in [2.05, 4.69) is 0 Å². The van der Waals surface area contributed by atoms with Crippen LogP contribution >= 0.6 is 0 Å². The summed E-state index contributed by atoms with van der Waals surface area (Å²) in [6.07, 6.45) is 1.02. The average molecular weight is 288 g/mol. The first-order chi connectivity index (χ1) is 10.1. The first-order valence-corrected chi connectivity index (χ1v) is 5.96. The van der Waals surface area contributed by atoms with Gasteiger partial charge in [-0.2, -0.15) is 0 Å². The number of aromatic hydroxyl groups is 2. The van der Waals surface area contributed by atoms with Crippen molar-refractivity contribution in [2.45, 2.75) is 0 Å². The van der Waals surface area contributed by atoms with E-state index in [1.165, 1.54) is 36.4 Å². The molecule has 0 saturated heterocycles. The Morgan fingerprint density at radius 1 is 1.05 bits per heavy atom. The Kier molecular flexibility index (Phi) is 2.98. The molecule has 0 bridgehead atoms. The normalized spacial score (nSPS) is 10.7. The van der Waals surface area contributed by atoms with Gasteiger partial charge in [-0.25, -0.2) is 4.39 Å². The van der Waals surface area contributed by atoms with Crippen molar-refractivity contribution in [3.05, 3.63) is 58.7 Å². The lowest BCUT2D eigenvalue weighted by Gasteiger charge is -2.06. The van der Waals surface area contributed by atoms with Crippen molar-refractivity contribution < 1.29 is 23.8 Å². The Morgan fingerprint density at radius 3 is 2.48 bits per heavy atom. The van der Waals surface area contributed by atoms with Crippen LogP contribution in [-0.4, -0.2) is 10.2 Å². The van der Waals surface area contributed by atoms with Crippen LogP contribution in [0.1, 0.15) is 0 Å². The van der Waals surface area contributed by atoms with E-state index in [1.54, 1.807) is 0 Å². The van der Waals surface area contributed by atoms with Gasteiger partial charge in [-0.1, -0.05) is 0 Å². The Hall–Kier alpha value is -3.02. The van der Waals surface area contributed by atoms with Crippen LogP contribution in [0, 0.1) is 5.82 Å². The number of ether oxygens (including phenoxy) is 1. The Bertz CT molecular complexity index is 868. The van der Waals surface area contributed by atoms with E-state index in [0.717, 1.165) is 6.26 Å². The zero-order valence-corrected chi connectivity index (χ0v) is 10.5. The van der Waals surface area contributed by atoms with Gasteiger partial charge in [0.15, 0.2) is 11.3 Å². The maximum Gasteiger partial charge on any atom is 0.235 e. The zero-order chi connectivity index (χ0) is 15.0. The molecule has 0 aliphatic carbocycles. The molecule has 5 nitrogen and oxygen atoms in total. The fraction of sp³-hybridized carbons (Fsp3) is 0. The number of rotatable bonds is 2. The lowest BCUT2D eigenvalue weighted by molar-refractivity contribution is 0.396. The minimum Gasteiger partial charge on any atom is -0.504 e. The number of phenols is 2. The average Bonchev–Trinajstić information content (AvgIpc) is 2.48. The largest absolute Gasteiger partial charge is 0.504 e. The number of benzene rings is 2. The highest BCUT2D eigenvalue weighted by Gasteiger charge is 2.14. The highest BCUT2D eigenvalue weighted by atomic mass is 19.1. The zero-order valence-electron chi connectivity index (χ0n) is 10.5. The van der Waals surface area contributed by atoms with E-state index in [4.69, 9.17) is 9.15 Å². The summed E-state index contributed by atoms with van der Waals surface area (Å²) in [5.74, 6) is -1.17. The van der Waals surface area contributed by atoms with Crippen LogP contribution in [0.3, 0.4) is 0 Å². The van der Waals surface area contributed by atoms with E-state index in [-0.39, 0.29) is 22.5 Å². The highest BCUT2D eigenvalue weighted by Crippen LogP contribution is 2.33. The fourth-order valence-electron chi connectivity index (χ4n) is 1.86. The standard InChI is InChI=1S/C15H9FO5/c16-8-1-3-9(4-2-8)21-12-7-20-15-10(13(12)18)5-6-11(17)14(15)19/h1-7,17,19H. The second-order valence-corrected chi connectivity index (χ2v) is 4.30. The third-order valence-corrected chi connectivity index (χ3v) is 2.90. The minimum absolute atomic E-state index is 0.0601. The number of hydrogen-bond donors (Lipinski definition) is 2. The SMILES string of the molecule is O=c1c(Oc2ccc(F)cc2)coc2c(O)c(O)ccc12. The van der Waals surface area contributed by atoms with Gasteiger partial charge in [-0.3, -0.25) is 4.79 Å². The molecule has 0 spiro atoms. The van der Waals surface area contributed by atoms with Gasteiger partial charge in [0, 0.05) is 0 Å². The van der Waals surface area contributed by atoms with Crippen LogP contribution in [0.25, 0.3) is 11.0 Å². The van der Waals surface area contributed by atoms with Gasteiger partial charge in [0.1, 0.15) is 17.8 Å². The van der Waals surface area contributed by atoms with Crippen LogP contribution in [0.15, 0.2) is 51.9 Å². The van der Waals surface area contributed by atoms with Crippen LogP contribution in [-0.2, 0) is 0 Å². The van der Waals surface area contributed by atoms with Gasteiger partial charge >= 0.3 is 0 Å². The summed E-state index contributed by atoms with van der Waals surface area (Å²) in [4.78, 5) is 12.2. The third-order valence-electron chi connectivity index (χ3n) is 2.90. The van der Waals surface area contributed by atoms with E-state index >= 15 is 0 Å². The molecule has 21 heavy (non-hydrogen) atoms. The second kappa shape index (κ2) is 4.82. The second-order valence-electron chi connectivity index (χ2n) is 4.30. The quantitative estimate of drug-likeness (QED) is 0.708. The molecule has 0 atom stereocenters. The van der Waals surface area contributed by atoms with Gasteiger partial charge in [0.05, 0.1) is 5.39 Å². The summed E-state index contributed by atoms with van der Waals surface area (Å²) in [5.41, 5.74) is -0.651.